The lowest BCUT2D eigenvalue weighted by molar-refractivity contribution is 0.603. The molecule has 0 atom stereocenters. The number of hydrogen-bond donors (Lipinski definition) is 0. The van der Waals surface area contributed by atoms with E-state index in [1.54, 1.807) is 0 Å². The smallest absolute Gasteiger partial charge is 0.131 e. The Bertz CT molecular complexity index is 1550. The first kappa shape index (κ1) is 17.8. The zero-order chi connectivity index (χ0) is 20.9. The summed E-state index contributed by atoms with van der Waals surface area (Å²) in [7, 11) is 0. The first-order chi connectivity index (χ1) is 15.2. The fourth-order valence-electron chi connectivity index (χ4n) is 4.62. The van der Waals surface area contributed by atoms with Gasteiger partial charge in [0.25, 0.3) is 0 Å². The molecule has 1 heterocycles. The van der Waals surface area contributed by atoms with Gasteiger partial charge in [-0.3, -0.25) is 0 Å². The molecule has 6 rings (SSSR count). The third-order valence-corrected chi connectivity index (χ3v) is 5.92. The number of nitrogens with zero attached hydrogens (tertiary/aromatic N) is 1. The second kappa shape index (κ2) is 6.78. The summed E-state index contributed by atoms with van der Waals surface area (Å²) in [5.74, 6) is -0.895. The van der Waals surface area contributed by atoms with E-state index in [1.165, 1.54) is 12.1 Å². The molecule has 1 aromatic heterocycles. The molecule has 0 amide bonds. The van der Waals surface area contributed by atoms with E-state index in [0.29, 0.717) is 5.56 Å². The highest BCUT2D eigenvalue weighted by Gasteiger charge is 2.17. The van der Waals surface area contributed by atoms with Gasteiger partial charge >= 0.3 is 0 Å². The molecule has 148 valence electrons. The first-order valence-electron chi connectivity index (χ1n) is 10.2. The summed E-state index contributed by atoms with van der Waals surface area (Å²) in [6.45, 7) is 0. The summed E-state index contributed by atoms with van der Waals surface area (Å²) in [4.78, 5) is 0. The van der Waals surface area contributed by atoms with E-state index >= 15 is 0 Å². The predicted octanol–water partition coefficient (Wildman–Crippen LogP) is 7.88. The van der Waals surface area contributed by atoms with Crippen molar-refractivity contribution in [2.45, 2.75) is 0 Å². The van der Waals surface area contributed by atoms with Crippen molar-refractivity contribution >= 4 is 32.6 Å². The van der Waals surface area contributed by atoms with Crippen molar-refractivity contribution in [2.75, 3.05) is 0 Å². The second-order valence-electron chi connectivity index (χ2n) is 7.67. The summed E-state index contributed by atoms with van der Waals surface area (Å²) >= 11 is 0. The van der Waals surface area contributed by atoms with Gasteiger partial charge < -0.3 is 4.57 Å². The largest absolute Gasteiger partial charge is 0.309 e. The van der Waals surface area contributed by atoms with Gasteiger partial charge in [0.1, 0.15) is 11.6 Å². The molecule has 0 saturated carbocycles. The summed E-state index contributed by atoms with van der Waals surface area (Å²) in [6.07, 6.45) is 0. The van der Waals surface area contributed by atoms with Gasteiger partial charge in [0.05, 0.1) is 16.7 Å². The molecule has 0 aliphatic heterocycles. The van der Waals surface area contributed by atoms with Crippen LogP contribution in [-0.2, 0) is 0 Å². The third kappa shape index (κ3) is 2.67. The lowest BCUT2D eigenvalue weighted by Crippen LogP contribution is -1.97. The Morgan fingerprint density at radius 2 is 1.19 bits per heavy atom. The fraction of sp³-hybridized carbons (Fsp3) is 0. The number of para-hydroxylation sites is 2. The topological polar surface area (TPSA) is 4.93 Å². The molecule has 1 nitrogen and oxygen atoms in total. The van der Waals surface area contributed by atoms with Crippen LogP contribution in [0.15, 0.2) is 103 Å². The molecule has 0 aliphatic rings. The Labute approximate surface area is 177 Å². The number of rotatable bonds is 2. The van der Waals surface area contributed by atoms with E-state index in [1.807, 2.05) is 60.7 Å². The van der Waals surface area contributed by atoms with Crippen LogP contribution < -0.4 is 0 Å². The van der Waals surface area contributed by atoms with Gasteiger partial charge in [0, 0.05) is 21.7 Å². The van der Waals surface area contributed by atoms with E-state index in [2.05, 4.69) is 28.8 Å². The van der Waals surface area contributed by atoms with E-state index in [4.69, 9.17) is 0 Å². The number of aromatic nitrogens is 1. The number of fused-ring (bicyclic) bond motifs is 4. The first-order valence-corrected chi connectivity index (χ1v) is 10.2. The molecule has 6 aromatic rings. The van der Waals surface area contributed by atoms with Crippen molar-refractivity contribution in [1.29, 1.82) is 0 Å². The van der Waals surface area contributed by atoms with Crippen LogP contribution >= 0.6 is 0 Å². The van der Waals surface area contributed by atoms with Crippen molar-refractivity contribution in [3.63, 3.8) is 0 Å². The molecule has 3 heteroatoms. The Morgan fingerprint density at radius 1 is 0.548 bits per heavy atom. The van der Waals surface area contributed by atoms with Gasteiger partial charge in [-0.2, -0.15) is 0 Å². The molecule has 5 aromatic carbocycles. The fourth-order valence-corrected chi connectivity index (χ4v) is 4.62. The summed E-state index contributed by atoms with van der Waals surface area (Å²) in [5, 5.41) is 4.18. The SMILES string of the molecule is Fc1ccc(F)c(-c2cccc3cccc(-n4c5ccccc5c5ccccc54)c23)c1. The van der Waals surface area contributed by atoms with E-state index < -0.39 is 11.6 Å². The molecule has 0 saturated heterocycles. The average Bonchev–Trinajstić information content (AvgIpc) is 3.14. The Kier molecular flexibility index (Phi) is 3.90. The Balaban J connectivity index is 1.80. The van der Waals surface area contributed by atoms with Gasteiger partial charge in [0.15, 0.2) is 0 Å². The zero-order valence-electron chi connectivity index (χ0n) is 16.5. The summed E-state index contributed by atoms with van der Waals surface area (Å²) in [6, 6.07) is 32.0. The van der Waals surface area contributed by atoms with Crippen LogP contribution in [0.5, 0.6) is 0 Å². The molecule has 0 aliphatic carbocycles. The molecule has 0 bridgehead atoms. The Hall–Kier alpha value is -3.98. The van der Waals surface area contributed by atoms with Crippen LogP contribution in [0.25, 0.3) is 49.4 Å². The molecule has 0 N–H and O–H groups in total. The third-order valence-electron chi connectivity index (χ3n) is 5.92. The highest BCUT2D eigenvalue weighted by Crippen LogP contribution is 2.39. The normalized spacial score (nSPS) is 11.5. The van der Waals surface area contributed by atoms with Gasteiger partial charge in [0.2, 0.25) is 0 Å². The predicted molar refractivity (Wildman–Crippen MR) is 124 cm³/mol. The lowest BCUT2D eigenvalue weighted by atomic mass is 9.96. The van der Waals surface area contributed by atoms with Gasteiger partial charge in [-0.1, -0.05) is 66.7 Å². The average molecular weight is 405 g/mol. The van der Waals surface area contributed by atoms with Gasteiger partial charge in [-0.15, -0.1) is 0 Å². The highest BCUT2D eigenvalue weighted by atomic mass is 19.1. The van der Waals surface area contributed by atoms with Gasteiger partial charge in [-0.25, -0.2) is 8.78 Å². The standard InChI is InChI=1S/C28H17F2N/c29-19-15-16-24(30)23(17-19)22-11-5-7-18-8-6-14-27(28(18)22)31-25-12-3-1-9-20(25)21-10-2-4-13-26(21)31/h1-17H. The van der Waals surface area contributed by atoms with Gasteiger partial charge in [-0.05, 0) is 47.3 Å². The van der Waals surface area contributed by atoms with Crippen LogP contribution in [0, 0.1) is 11.6 Å². The van der Waals surface area contributed by atoms with Crippen LogP contribution in [0.3, 0.4) is 0 Å². The van der Waals surface area contributed by atoms with Crippen molar-refractivity contribution < 1.29 is 8.78 Å². The van der Waals surface area contributed by atoms with Crippen LogP contribution in [0.2, 0.25) is 0 Å². The van der Waals surface area contributed by atoms with Crippen molar-refractivity contribution in [1.82, 2.24) is 4.57 Å². The zero-order valence-corrected chi connectivity index (χ0v) is 16.5. The molecule has 0 fully saturated rings. The van der Waals surface area contributed by atoms with Crippen molar-refractivity contribution in [3.05, 3.63) is 115 Å². The van der Waals surface area contributed by atoms with Crippen LogP contribution in [-0.4, -0.2) is 4.57 Å². The number of benzene rings is 5. The second-order valence-corrected chi connectivity index (χ2v) is 7.67. The van der Waals surface area contributed by atoms with Crippen molar-refractivity contribution in [3.8, 4) is 16.8 Å². The molecule has 0 spiro atoms. The molecule has 0 radical (unpaired) electrons. The maximum Gasteiger partial charge on any atom is 0.131 e. The van der Waals surface area contributed by atoms with Crippen LogP contribution in [0.4, 0.5) is 8.78 Å². The molecular formula is C28H17F2N. The Morgan fingerprint density at radius 3 is 1.90 bits per heavy atom. The van der Waals surface area contributed by atoms with E-state index in [-0.39, 0.29) is 5.56 Å². The maximum absolute atomic E-state index is 14.8. The highest BCUT2D eigenvalue weighted by molar-refractivity contribution is 6.12. The lowest BCUT2D eigenvalue weighted by Gasteiger charge is -2.15. The summed E-state index contributed by atoms with van der Waals surface area (Å²) in [5.41, 5.74) is 4.02. The summed E-state index contributed by atoms with van der Waals surface area (Å²) < 4.78 is 31.1. The monoisotopic (exact) mass is 405 g/mol. The van der Waals surface area contributed by atoms with Crippen molar-refractivity contribution in [2.24, 2.45) is 0 Å². The number of halogens is 2. The van der Waals surface area contributed by atoms with Crippen LogP contribution in [0.1, 0.15) is 0 Å². The van der Waals surface area contributed by atoms with E-state index in [0.717, 1.165) is 44.3 Å². The molecule has 0 unspecified atom stereocenters. The minimum atomic E-state index is -0.456. The minimum absolute atomic E-state index is 0.263. The minimum Gasteiger partial charge on any atom is -0.309 e. The van der Waals surface area contributed by atoms with E-state index in [9.17, 15) is 8.78 Å². The number of hydrogen-bond acceptors (Lipinski definition) is 0. The maximum atomic E-state index is 14.8. The molecule has 31 heavy (non-hydrogen) atoms. The molecular weight excluding hydrogens is 388 g/mol. The quantitative estimate of drug-likeness (QED) is 0.276.